The summed E-state index contributed by atoms with van der Waals surface area (Å²) in [5.41, 5.74) is 5.84. The molecule has 0 aromatic carbocycles. The monoisotopic (exact) mass is 418 g/mol. The van der Waals surface area contributed by atoms with Crippen LogP contribution in [0.2, 0.25) is 0 Å². The molecule has 0 rings (SSSR count). The van der Waals surface area contributed by atoms with Crippen LogP contribution in [0, 0.1) is 11.8 Å². The molecule has 0 aromatic heterocycles. The van der Waals surface area contributed by atoms with Crippen LogP contribution in [0.15, 0.2) is 0 Å². The molecule has 10 heteroatoms. The number of carbonyl (C=O) groups excluding carboxylic acids is 3. The van der Waals surface area contributed by atoms with E-state index in [4.69, 9.17) is 10.8 Å². The molecule has 9 nitrogen and oxygen atoms in total. The number of carboxylic acids is 1. The highest BCUT2D eigenvalue weighted by atomic mass is 32.2. The number of hydrogen-bond acceptors (Lipinski definition) is 6. The fourth-order valence-corrected chi connectivity index (χ4v) is 2.82. The molecule has 4 unspecified atom stereocenters. The number of thioether (sulfide) groups is 1. The summed E-state index contributed by atoms with van der Waals surface area (Å²) in [6.07, 6.45) is 2.40. The van der Waals surface area contributed by atoms with Crippen LogP contribution in [-0.4, -0.2) is 65.0 Å². The number of rotatable bonds is 12. The SMILES string of the molecule is CSCCC(N)C(=O)NC(C(=O)NC(C)C(=O)NC(C(=O)O)C(C)C)C(C)C. The minimum absolute atomic E-state index is 0.227. The summed E-state index contributed by atoms with van der Waals surface area (Å²) in [7, 11) is 0. The van der Waals surface area contributed by atoms with E-state index in [1.165, 1.54) is 6.92 Å². The second-order valence-electron chi connectivity index (χ2n) is 7.42. The Labute approximate surface area is 170 Å². The van der Waals surface area contributed by atoms with Crippen molar-refractivity contribution in [1.82, 2.24) is 16.0 Å². The van der Waals surface area contributed by atoms with Gasteiger partial charge in [-0.2, -0.15) is 11.8 Å². The maximum absolute atomic E-state index is 12.6. The molecule has 0 radical (unpaired) electrons. The van der Waals surface area contributed by atoms with E-state index in [0.29, 0.717) is 6.42 Å². The number of hydrogen-bond donors (Lipinski definition) is 5. The molecule has 4 atom stereocenters. The van der Waals surface area contributed by atoms with Gasteiger partial charge in [-0.25, -0.2) is 4.79 Å². The second-order valence-corrected chi connectivity index (χ2v) is 8.40. The van der Waals surface area contributed by atoms with Gasteiger partial charge in [-0.1, -0.05) is 27.7 Å². The lowest BCUT2D eigenvalue weighted by atomic mass is 10.0. The van der Waals surface area contributed by atoms with E-state index in [2.05, 4.69) is 16.0 Å². The van der Waals surface area contributed by atoms with Gasteiger partial charge in [0, 0.05) is 0 Å². The van der Waals surface area contributed by atoms with Gasteiger partial charge in [-0.15, -0.1) is 0 Å². The average Bonchev–Trinajstić information content (AvgIpc) is 2.60. The van der Waals surface area contributed by atoms with E-state index in [9.17, 15) is 19.2 Å². The first-order chi connectivity index (χ1) is 12.9. The predicted molar refractivity (Wildman–Crippen MR) is 110 cm³/mol. The Morgan fingerprint density at radius 1 is 0.857 bits per heavy atom. The van der Waals surface area contributed by atoms with Crippen molar-refractivity contribution in [3.8, 4) is 0 Å². The first-order valence-electron chi connectivity index (χ1n) is 9.30. The van der Waals surface area contributed by atoms with Gasteiger partial charge in [-0.3, -0.25) is 14.4 Å². The van der Waals surface area contributed by atoms with E-state index in [0.717, 1.165) is 5.75 Å². The standard InChI is InChI=1S/C18H34N4O5S/c1-9(2)13(21-16(24)12(19)7-8-28-6)17(25)20-11(5)15(23)22-14(10(3)4)18(26)27/h9-14H,7-8,19H2,1-6H3,(H,20,25)(H,21,24)(H,22,23)(H,26,27). The molecule has 0 saturated heterocycles. The summed E-state index contributed by atoms with van der Waals surface area (Å²) in [6, 6.07) is -3.59. The molecule has 0 spiro atoms. The van der Waals surface area contributed by atoms with Crippen molar-refractivity contribution in [2.45, 2.75) is 65.2 Å². The fourth-order valence-electron chi connectivity index (χ4n) is 2.33. The molecule has 3 amide bonds. The van der Waals surface area contributed by atoms with Gasteiger partial charge in [0.05, 0.1) is 6.04 Å². The number of carbonyl (C=O) groups is 4. The number of nitrogens with one attached hydrogen (secondary N) is 3. The van der Waals surface area contributed by atoms with Crippen LogP contribution in [0.5, 0.6) is 0 Å². The number of carboxylic acid groups (broad SMARTS) is 1. The van der Waals surface area contributed by atoms with Crippen LogP contribution in [0.3, 0.4) is 0 Å². The van der Waals surface area contributed by atoms with Crippen molar-refractivity contribution in [2.24, 2.45) is 17.6 Å². The Balaban J connectivity index is 4.93. The van der Waals surface area contributed by atoms with Crippen molar-refractivity contribution >= 4 is 35.5 Å². The average molecular weight is 419 g/mol. The minimum atomic E-state index is -1.14. The molecule has 0 bridgehead atoms. The van der Waals surface area contributed by atoms with E-state index in [-0.39, 0.29) is 11.8 Å². The molecule has 0 aliphatic rings. The van der Waals surface area contributed by atoms with Crippen LogP contribution in [0.25, 0.3) is 0 Å². The summed E-state index contributed by atoms with van der Waals surface area (Å²) in [5, 5.41) is 16.7. The number of amides is 3. The topological polar surface area (TPSA) is 151 Å². The van der Waals surface area contributed by atoms with Crippen LogP contribution in [-0.2, 0) is 19.2 Å². The third kappa shape index (κ3) is 8.92. The van der Waals surface area contributed by atoms with Crippen molar-refractivity contribution in [3.63, 3.8) is 0 Å². The van der Waals surface area contributed by atoms with Crippen molar-refractivity contribution in [1.29, 1.82) is 0 Å². The quantitative estimate of drug-likeness (QED) is 0.298. The maximum Gasteiger partial charge on any atom is 0.326 e. The summed E-state index contributed by atoms with van der Waals surface area (Å²) in [6.45, 7) is 8.33. The second kappa shape index (κ2) is 12.6. The molecular formula is C18H34N4O5S. The molecule has 162 valence electrons. The lowest BCUT2D eigenvalue weighted by Gasteiger charge is -2.26. The van der Waals surface area contributed by atoms with Crippen molar-refractivity contribution < 1.29 is 24.3 Å². The van der Waals surface area contributed by atoms with Gasteiger partial charge in [0.15, 0.2) is 0 Å². The smallest absolute Gasteiger partial charge is 0.326 e. The fraction of sp³-hybridized carbons (Fsp3) is 0.778. The third-order valence-corrected chi connectivity index (χ3v) is 4.84. The Morgan fingerprint density at radius 2 is 1.36 bits per heavy atom. The van der Waals surface area contributed by atoms with Crippen LogP contribution >= 0.6 is 11.8 Å². The Morgan fingerprint density at radius 3 is 1.79 bits per heavy atom. The van der Waals surface area contributed by atoms with Crippen LogP contribution in [0.1, 0.15) is 41.0 Å². The summed E-state index contributed by atoms with van der Waals surface area (Å²) in [5.74, 6) is -2.52. The molecule has 0 heterocycles. The van der Waals surface area contributed by atoms with Crippen LogP contribution in [0.4, 0.5) is 0 Å². The zero-order chi connectivity index (χ0) is 22.0. The van der Waals surface area contributed by atoms with Crippen LogP contribution < -0.4 is 21.7 Å². The van der Waals surface area contributed by atoms with Gasteiger partial charge in [0.25, 0.3) is 0 Å². The first kappa shape index (κ1) is 26.2. The molecule has 28 heavy (non-hydrogen) atoms. The van der Waals surface area contributed by atoms with Gasteiger partial charge < -0.3 is 26.8 Å². The van der Waals surface area contributed by atoms with Gasteiger partial charge in [0.1, 0.15) is 18.1 Å². The van der Waals surface area contributed by atoms with E-state index < -0.39 is 47.9 Å². The Bertz CT molecular complexity index is 556. The molecule has 0 aliphatic heterocycles. The molecule has 0 saturated carbocycles. The van der Waals surface area contributed by atoms with E-state index in [1.54, 1.807) is 39.5 Å². The van der Waals surface area contributed by atoms with E-state index >= 15 is 0 Å². The van der Waals surface area contributed by atoms with E-state index in [1.807, 2.05) is 6.26 Å². The zero-order valence-corrected chi connectivity index (χ0v) is 18.3. The number of nitrogens with two attached hydrogens (primary N) is 1. The minimum Gasteiger partial charge on any atom is -0.480 e. The highest BCUT2D eigenvalue weighted by molar-refractivity contribution is 7.98. The third-order valence-electron chi connectivity index (χ3n) is 4.20. The molecule has 0 fully saturated rings. The molecule has 0 aromatic rings. The molecular weight excluding hydrogens is 384 g/mol. The first-order valence-corrected chi connectivity index (χ1v) is 10.7. The van der Waals surface area contributed by atoms with Crippen molar-refractivity contribution in [2.75, 3.05) is 12.0 Å². The summed E-state index contributed by atoms with van der Waals surface area (Å²) < 4.78 is 0. The highest BCUT2D eigenvalue weighted by Crippen LogP contribution is 2.06. The molecule has 0 aliphatic carbocycles. The van der Waals surface area contributed by atoms with Gasteiger partial charge >= 0.3 is 5.97 Å². The molecule has 6 N–H and O–H groups in total. The lowest BCUT2D eigenvalue weighted by Crippen LogP contribution is -2.58. The van der Waals surface area contributed by atoms with Crippen molar-refractivity contribution in [3.05, 3.63) is 0 Å². The highest BCUT2D eigenvalue weighted by Gasteiger charge is 2.30. The van der Waals surface area contributed by atoms with Gasteiger partial charge in [0.2, 0.25) is 17.7 Å². The maximum atomic E-state index is 12.6. The Hall–Kier alpha value is -1.81. The predicted octanol–water partition coefficient (Wildman–Crippen LogP) is -0.0623. The number of aliphatic carboxylic acids is 1. The van der Waals surface area contributed by atoms with Gasteiger partial charge in [-0.05, 0) is 37.2 Å². The zero-order valence-electron chi connectivity index (χ0n) is 17.4. The summed E-state index contributed by atoms with van der Waals surface area (Å²) in [4.78, 5) is 48.2. The Kier molecular flexibility index (Phi) is 11.8. The largest absolute Gasteiger partial charge is 0.480 e. The normalized spacial score (nSPS) is 15.5. The summed E-state index contributed by atoms with van der Waals surface area (Å²) >= 11 is 1.57. The lowest BCUT2D eigenvalue weighted by molar-refractivity contribution is -0.143.